The number of hydrogen-bond donors (Lipinski definition) is 4. The average Bonchev–Trinajstić information content (AvgIpc) is 3.47. The van der Waals surface area contributed by atoms with E-state index in [4.69, 9.17) is 14.2 Å². The monoisotopic (exact) mass is 604 g/mol. The molecule has 3 aromatic carbocycles. The van der Waals surface area contributed by atoms with E-state index < -0.39 is 24.1 Å². The number of carboxylic acid groups (broad SMARTS) is 1. The summed E-state index contributed by atoms with van der Waals surface area (Å²) in [5.74, 6) is -0.0726. The van der Waals surface area contributed by atoms with Gasteiger partial charge in [0, 0.05) is 37.3 Å². The largest absolute Gasteiger partial charge is 0.486 e. The first kappa shape index (κ1) is 30.6. The van der Waals surface area contributed by atoms with Gasteiger partial charge in [0.1, 0.15) is 6.10 Å². The van der Waals surface area contributed by atoms with Gasteiger partial charge < -0.3 is 40.0 Å². The Bertz CT molecular complexity index is 1530. The number of benzene rings is 3. The first-order valence-electron chi connectivity index (χ1n) is 14.3. The van der Waals surface area contributed by atoms with Crippen LogP contribution in [0.3, 0.4) is 0 Å². The van der Waals surface area contributed by atoms with Crippen LogP contribution in [0.5, 0.6) is 17.2 Å². The molecular weight excluding hydrogens is 568 g/mol. The minimum Gasteiger partial charge on any atom is -0.486 e. The molecule has 0 spiro atoms. The number of rotatable bonds is 9. The molecule has 2 aliphatic heterocycles. The van der Waals surface area contributed by atoms with Gasteiger partial charge in [-0.15, -0.1) is 0 Å². The molecule has 0 saturated carbocycles. The average molecular weight is 605 g/mol. The molecule has 0 aromatic heterocycles. The third-order valence-corrected chi connectivity index (χ3v) is 7.71. The molecule has 3 atom stereocenters. The molecule has 3 aromatic rings. The molecule has 44 heavy (non-hydrogen) atoms. The van der Waals surface area contributed by atoms with Crippen LogP contribution in [0.2, 0.25) is 0 Å². The van der Waals surface area contributed by atoms with Crippen molar-refractivity contribution in [3.05, 3.63) is 77.4 Å². The molecule has 0 unspecified atom stereocenters. The second-order valence-electron chi connectivity index (χ2n) is 11.2. The number of ether oxygens (including phenoxy) is 3. The van der Waals surface area contributed by atoms with Crippen molar-refractivity contribution in [2.75, 3.05) is 44.2 Å². The van der Waals surface area contributed by atoms with Crippen molar-refractivity contribution in [3.63, 3.8) is 0 Å². The molecule has 232 valence electrons. The quantitative estimate of drug-likeness (QED) is 0.283. The number of aromatic carboxylic acids is 1. The lowest BCUT2D eigenvalue weighted by atomic mass is 9.98. The summed E-state index contributed by atoms with van der Waals surface area (Å²) >= 11 is 0. The topological polar surface area (TPSA) is 150 Å². The van der Waals surface area contributed by atoms with Gasteiger partial charge in [-0.3, -0.25) is 9.69 Å². The zero-order chi connectivity index (χ0) is 31.4. The number of para-hydroxylation sites is 1. The molecule has 5 rings (SSSR count). The van der Waals surface area contributed by atoms with Crippen LogP contribution in [0.1, 0.15) is 40.1 Å². The standard InChI is InChI=1S/C32H36N4O8/c1-19-14-36(20(2)17-37)30(38)24-5-4-6-25(34-32(41)33-23-11-12-26-27(13-23)43-18-42-26)29(24)44-28(19)16-35(3)15-21-7-9-22(10-8-21)31(39)40/h4-13,19-20,28,37H,14-18H2,1-3H3,(H,39,40)(H2,33,34,41)/t19-,20-,28-/m0/s1. The lowest BCUT2D eigenvalue weighted by Gasteiger charge is -2.38. The maximum atomic E-state index is 13.7. The maximum absolute atomic E-state index is 13.7. The molecule has 3 amide bonds. The smallest absolute Gasteiger partial charge is 0.335 e. The fourth-order valence-electron chi connectivity index (χ4n) is 5.25. The highest BCUT2D eigenvalue weighted by Gasteiger charge is 2.34. The number of aliphatic hydroxyl groups is 1. The van der Waals surface area contributed by atoms with Crippen LogP contribution in [-0.2, 0) is 6.54 Å². The number of amides is 3. The minimum atomic E-state index is -0.981. The Balaban J connectivity index is 1.39. The summed E-state index contributed by atoms with van der Waals surface area (Å²) in [4.78, 5) is 41.8. The Morgan fingerprint density at radius 2 is 1.82 bits per heavy atom. The van der Waals surface area contributed by atoms with Crippen LogP contribution in [0.15, 0.2) is 60.7 Å². The van der Waals surface area contributed by atoms with Gasteiger partial charge in [0.2, 0.25) is 6.79 Å². The molecule has 2 aliphatic rings. The second-order valence-corrected chi connectivity index (χ2v) is 11.2. The first-order valence-corrected chi connectivity index (χ1v) is 14.3. The number of aliphatic hydroxyl groups excluding tert-OH is 1. The SMILES string of the molecule is C[C@H]1CN([C@@H](C)CO)C(=O)c2cccc(NC(=O)Nc3ccc4c(c3)OCO4)c2O[C@H]1CN(C)Cc1ccc(C(=O)O)cc1. The number of nitrogens with one attached hydrogen (secondary N) is 2. The predicted molar refractivity (Wildman–Crippen MR) is 163 cm³/mol. The number of carbonyl (C=O) groups excluding carboxylic acids is 2. The molecule has 12 nitrogen and oxygen atoms in total. The van der Waals surface area contributed by atoms with Gasteiger partial charge in [-0.05, 0) is 55.9 Å². The summed E-state index contributed by atoms with van der Waals surface area (Å²) in [6.45, 7) is 5.04. The van der Waals surface area contributed by atoms with Crippen LogP contribution in [-0.4, -0.2) is 83.6 Å². The van der Waals surface area contributed by atoms with Crippen molar-refractivity contribution in [1.29, 1.82) is 0 Å². The normalized spacial score (nSPS) is 18.1. The van der Waals surface area contributed by atoms with Crippen molar-refractivity contribution >= 4 is 29.3 Å². The van der Waals surface area contributed by atoms with Crippen molar-refractivity contribution in [1.82, 2.24) is 9.80 Å². The van der Waals surface area contributed by atoms with Crippen molar-refractivity contribution in [2.45, 2.75) is 32.5 Å². The van der Waals surface area contributed by atoms with E-state index in [1.54, 1.807) is 72.5 Å². The predicted octanol–water partition coefficient (Wildman–Crippen LogP) is 4.11. The molecule has 0 radical (unpaired) electrons. The summed E-state index contributed by atoms with van der Waals surface area (Å²) in [5.41, 5.74) is 2.24. The van der Waals surface area contributed by atoms with Gasteiger partial charge in [0.05, 0.1) is 29.5 Å². The highest BCUT2D eigenvalue weighted by molar-refractivity contribution is 6.04. The van der Waals surface area contributed by atoms with Gasteiger partial charge in [-0.2, -0.15) is 0 Å². The summed E-state index contributed by atoms with van der Waals surface area (Å²) < 4.78 is 17.3. The maximum Gasteiger partial charge on any atom is 0.335 e. The van der Waals surface area contributed by atoms with Crippen LogP contribution in [0.4, 0.5) is 16.2 Å². The van der Waals surface area contributed by atoms with E-state index in [-0.39, 0.29) is 42.1 Å². The Hall–Kier alpha value is -4.81. The van der Waals surface area contributed by atoms with Gasteiger partial charge in [-0.25, -0.2) is 9.59 Å². The van der Waals surface area contributed by atoms with E-state index in [1.807, 2.05) is 14.0 Å². The number of carboxylic acids is 1. The van der Waals surface area contributed by atoms with E-state index in [0.717, 1.165) is 5.56 Å². The van der Waals surface area contributed by atoms with Crippen molar-refractivity contribution in [3.8, 4) is 17.2 Å². The highest BCUT2D eigenvalue weighted by Crippen LogP contribution is 2.36. The third-order valence-electron chi connectivity index (χ3n) is 7.71. The molecule has 0 saturated heterocycles. The van der Waals surface area contributed by atoms with Gasteiger partial charge >= 0.3 is 12.0 Å². The zero-order valence-electron chi connectivity index (χ0n) is 24.8. The van der Waals surface area contributed by atoms with E-state index in [0.29, 0.717) is 42.5 Å². The summed E-state index contributed by atoms with van der Waals surface area (Å²) in [5, 5.41) is 24.8. The Labute approximate surface area is 255 Å². The fraction of sp³-hybridized carbons (Fsp3) is 0.344. The third kappa shape index (κ3) is 6.87. The number of anilines is 2. The lowest BCUT2D eigenvalue weighted by molar-refractivity contribution is 0.0343. The first-order chi connectivity index (χ1) is 21.1. The number of nitrogens with zero attached hydrogens (tertiary/aromatic N) is 2. The highest BCUT2D eigenvalue weighted by atomic mass is 16.7. The molecule has 0 bridgehead atoms. The molecule has 0 aliphatic carbocycles. The molecule has 4 N–H and O–H groups in total. The van der Waals surface area contributed by atoms with Crippen LogP contribution < -0.4 is 24.8 Å². The van der Waals surface area contributed by atoms with E-state index in [1.165, 1.54) is 0 Å². The second kappa shape index (κ2) is 13.2. The fourth-order valence-corrected chi connectivity index (χ4v) is 5.25. The number of urea groups is 1. The van der Waals surface area contributed by atoms with Gasteiger partial charge in [0.15, 0.2) is 17.2 Å². The van der Waals surface area contributed by atoms with Crippen molar-refractivity contribution < 1.29 is 38.8 Å². The van der Waals surface area contributed by atoms with Crippen LogP contribution >= 0.6 is 0 Å². The van der Waals surface area contributed by atoms with E-state index in [9.17, 15) is 24.6 Å². The summed E-state index contributed by atoms with van der Waals surface area (Å²) in [6.07, 6.45) is -0.404. The van der Waals surface area contributed by atoms with Crippen LogP contribution in [0, 0.1) is 5.92 Å². The molecular formula is C32H36N4O8. The van der Waals surface area contributed by atoms with E-state index >= 15 is 0 Å². The zero-order valence-corrected chi connectivity index (χ0v) is 24.8. The number of hydrogen-bond acceptors (Lipinski definition) is 8. The number of likely N-dealkylation sites (N-methyl/N-ethyl adjacent to an activating group) is 1. The Morgan fingerprint density at radius 1 is 1.07 bits per heavy atom. The van der Waals surface area contributed by atoms with Crippen molar-refractivity contribution in [2.24, 2.45) is 5.92 Å². The lowest BCUT2D eigenvalue weighted by Crippen LogP contribution is -2.49. The van der Waals surface area contributed by atoms with Gasteiger partial charge in [0.25, 0.3) is 5.91 Å². The number of fused-ring (bicyclic) bond motifs is 2. The van der Waals surface area contributed by atoms with Gasteiger partial charge in [-0.1, -0.05) is 25.1 Å². The molecule has 0 fully saturated rings. The Kier molecular flexibility index (Phi) is 9.21. The van der Waals surface area contributed by atoms with E-state index in [2.05, 4.69) is 15.5 Å². The molecule has 12 heteroatoms. The minimum absolute atomic E-state index is 0.115. The Morgan fingerprint density at radius 3 is 2.55 bits per heavy atom. The summed E-state index contributed by atoms with van der Waals surface area (Å²) in [7, 11) is 1.93. The summed E-state index contributed by atoms with van der Waals surface area (Å²) in [6, 6.07) is 15.8. The van der Waals surface area contributed by atoms with Crippen LogP contribution in [0.25, 0.3) is 0 Å². The molecule has 2 heterocycles. The number of carbonyl (C=O) groups is 3.